The lowest BCUT2D eigenvalue weighted by Crippen LogP contribution is -2.59. The SMILES string of the molecule is CC(C=CC(O)C(C)C=CC(=O)O)=CCC1OC2(CCC1C)CCC(CCC(C)C)(OC(=O)CCC(=O)O)C(C=CC(C)=CC(=O)O)O2. The molecule has 268 valence electrons. The molecule has 2 aliphatic rings. The van der Waals surface area contributed by atoms with Crippen LogP contribution in [0.4, 0.5) is 0 Å². The minimum atomic E-state index is -1.10. The Labute approximate surface area is 284 Å². The van der Waals surface area contributed by atoms with Crippen LogP contribution < -0.4 is 0 Å². The fourth-order valence-corrected chi connectivity index (χ4v) is 5.86. The standard InChI is InChI=1S/C37H54O11/c1-24(2)17-19-36(48-35(45)16-15-33(41)42)21-22-37(47-31(36)13-9-26(4)23-34(43)44)20-18-28(6)30(46-37)12-8-25(3)7-11-29(38)27(5)10-14-32(39)40/h7-11,13-14,23-24,27-31,38H,12,15-22H2,1-6H3,(H,39,40)(H,41,42)(H,43,44). The van der Waals surface area contributed by atoms with Crippen LogP contribution in [0.5, 0.6) is 0 Å². The summed E-state index contributed by atoms with van der Waals surface area (Å²) in [6.45, 7) is 11.5. The second-order valence-electron chi connectivity index (χ2n) is 13.7. The maximum Gasteiger partial charge on any atom is 0.328 e. The quantitative estimate of drug-likeness (QED) is 0.0765. The predicted octanol–water partition coefficient (Wildman–Crippen LogP) is 6.38. The molecule has 4 N–H and O–H groups in total. The van der Waals surface area contributed by atoms with E-state index in [1.807, 2.05) is 13.0 Å². The van der Waals surface area contributed by atoms with Crippen molar-refractivity contribution in [3.8, 4) is 0 Å². The van der Waals surface area contributed by atoms with Crippen molar-refractivity contribution in [1.29, 1.82) is 0 Å². The minimum Gasteiger partial charge on any atom is -0.481 e. The van der Waals surface area contributed by atoms with Gasteiger partial charge in [-0.2, -0.15) is 0 Å². The first-order valence-corrected chi connectivity index (χ1v) is 16.8. The Bertz CT molecular complexity index is 1280. The number of ether oxygens (including phenoxy) is 3. The monoisotopic (exact) mass is 674 g/mol. The third-order valence-corrected chi connectivity index (χ3v) is 8.97. The number of hydrogen-bond donors (Lipinski definition) is 4. The van der Waals surface area contributed by atoms with Crippen LogP contribution in [0.2, 0.25) is 0 Å². The third-order valence-electron chi connectivity index (χ3n) is 8.97. The predicted molar refractivity (Wildman–Crippen MR) is 180 cm³/mol. The van der Waals surface area contributed by atoms with Crippen molar-refractivity contribution in [2.75, 3.05) is 0 Å². The van der Waals surface area contributed by atoms with Gasteiger partial charge < -0.3 is 34.6 Å². The fraction of sp³-hybridized carbons (Fsp3) is 0.622. The second-order valence-corrected chi connectivity index (χ2v) is 13.7. The third kappa shape index (κ3) is 13.5. The van der Waals surface area contributed by atoms with E-state index in [-0.39, 0.29) is 30.8 Å². The number of hydrogen-bond acceptors (Lipinski definition) is 8. The van der Waals surface area contributed by atoms with E-state index < -0.39 is 47.5 Å². The second kappa shape index (κ2) is 18.9. The first-order chi connectivity index (χ1) is 22.5. The van der Waals surface area contributed by atoms with Gasteiger partial charge in [-0.3, -0.25) is 9.59 Å². The van der Waals surface area contributed by atoms with Crippen molar-refractivity contribution in [1.82, 2.24) is 0 Å². The highest BCUT2D eigenvalue weighted by Gasteiger charge is 2.54. The molecule has 48 heavy (non-hydrogen) atoms. The van der Waals surface area contributed by atoms with E-state index in [2.05, 4.69) is 20.8 Å². The van der Waals surface area contributed by atoms with Crippen molar-refractivity contribution in [2.24, 2.45) is 17.8 Å². The van der Waals surface area contributed by atoms with Gasteiger partial charge in [0.15, 0.2) is 5.79 Å². The maximum atomic E-state index is 13.0. The Morgan fingerprint density at radius 1 is 0.896 bits per heavy atom. The highest BCUT2D eigenvalue weighted by molar-refractivity contribution is 5.81. The van der Waals surface area contributed by atoms with Crippen molar-refractivity contribution in [2.45, 2.75) is 129 Å². The molecular formula is C37H54O11. The number of allylic oxidation sites excluding steroid dienone is 4. The molecule has 0 saturated carbocycles. The lowest BCUT2D eigenvalue weighted by Gasteiger charge is -2.53. The van der Waals surface area contributed by atoms with Gasteiger partial charge in [0.05, 0.1) is 25.0 Å². The number of aliphatic hydroxyl groups excluding tert-OH is 1. The Morgan fingerprint density at radius 3 is 2.23 bits per heavy atom. The van der Waals surface area contributed by atoms with Crippen LogP contribution in [0.3, 0.4) is 0 Å². The lowest BCUT2D eigenvalue weighted by molar-refractivity contribution is -0.345. The topological polar surface area (TPSA) is 177 Å². The van der Waals surface area contributed by atoms with E-state index in [0.717, 1.165) is 30.6 Å². The zero-order chi connectivity index (χ0) is 36.1. The number of carbonyl (C=O) groups is 4. The molecule has 2 saturated heterocycles. The number of carbonyl (C=O) groups excluding carboxylic acids is 1. The summed E-state index contributed by atoms with van der Waals surface area (Å²) in [7, 11) is 0. The molecule has 2 aliphatic heterocycles. The van der Waals surface area contributed by atoms with Gasteiger partial charge in [-0.1, -0.05) is 69.7 Å². The summed E-state index contributed by atoms with van der Waals surface area (Å²) < 4.78 is 19.6. The molecule has 0 radical (unpaired) electrons. The number of carboxylic acids is 3. The molecule has 0 aliphatic carbocycles. The molecule has 2 heterocycles. The van der Waals surface area contributed by atoms with Gasteiger partial charge in [0, 0.05) is 30.9 Å². The first-order valence-electron chi connectivity index (χ1n) is 16.8. The van der Waals surface area contributed by atoms with Crippen molar-refractivity contribution in [3.63, 3.8) is 0 Å². The van der Waals surface area contributed by atoms with E-state index in [1.54, 1.807) is 38.2 Å². The summed E-state index contributed by atoms with van der Waals surface area (Å²) in [6, 6.07) is 0. The summed E-state index contributed by atoms with van der Waals surface area (Å²) in [5.41, 5.74) is 0.292. The number of aliphatic carboxylic acids is 3. The summed E-state index contributed by atoms with van der Waals surface area (Å²) in [4.78, 5) is 46.2. The van der Waals surface area contributed by atoms with E-state index in [0.29, 0.717) is 43.6 Å². The molecule has 0 amide bonds. The molecule has 7 atom stereocenters. The molecule has 0 aromatic heterocycles. The summed E-state index contributed by atoms with van der Waals surface area (Å²) in [5.74, 6) is -4.71. The number of esters is 1. The maximum absolute atomic E-state index is 13.0. The molecular weight excluding hydrogens is 620 g/mol. The van der Waals surface area contributed by atoms with Gasteiger partial charge in [-0.05, 0) is 63.4 Å². The van der Waals surface area contributed by atoms with Crippen molar-refractivity contribution in [3.05, 3.63) is 59.8 Å². The van der Waals surface area contributed by atoms with Crippen LogP contribution in [0.1, 0.15) is 99.3 Å². The lowest BCUT2D eigenvalue weighted by atomic mass is 9.77. The average Bonchev–Trinajstić information content (AvgIpc) is 3.01. The Morgan fingerprint density at radius 2 is 1.60 bits per heavy atom. The summed E-state index contributed by atoms with van der Waals surface area (Å²) >= 11 is 0. The van der Waals surface area contributed by atoms with Crippen LogP contribution in [0, 0.1) is 17.8 Å². The molecule has 0 aromatic carbocycles. The number of carboxylic acid groups (broad SMARTS) is 3. The zero-order valence-corrected chi connectivity index (χ0v) is 29.1. The molecule has 1 spiro atoms. The molecule has 0 aromatic rings. The van der Waals surface area contributed by atoms with Gasteiger partial charge in [0.1, 0.15) is 11.7 Å². The van der Waals surface area contributed by atoms with Crippen LogP contribution in [0.25, 0.3) is 0 Å². The van der Waals surface area contributed by atoms with E-state index in [9.17, 15) is 29.4 Å². The first kappa shape index (κ1) is 40.6. The largest absolute Gasteiger partial charge is 0.481 e. The molecule has 2 fully saturated rings. The molecule has 7 unspecified atom stereocenters. The Hall–Kier alpha value is -3.54. The van der Waals surface area contributed by atoms with Gasteiger partial charge in [-0.25, -0.2) is 9.59 Å². The Balaban J connectivity index is 2.34. The summed E-state index contributed by atoms with van der Waals surface area (Å²) in [6.07, 6.45) is 14.0. The summed E-state index contributed by atoms with van der Waals surface area (Å²) in [5, 5.41) is 37.6. The van der Waals surface area contributed by atoms with Crippen LogP contribution in [-0.2, 0) is 33.4 Å². The van der Waals surface area contributed by atoms with Gasteiger partial charge in [0.2, 0.25) is 0 Å². The van der Waals surface area contributed by atoms with Crippen LogP contribution in [-0.4, -0.2) is 74.0 Å². The number of aliphatic hydroxyl groups is 1. The zero-order valence-electron chi connectivity index (χ0n) is 29.1. The highest BCUT2D eigenvalue weighted by Crippen LogP contribution is 2.48. The van der Waals surface area contributed by atoms with E-state index >= 15 is 0 Å². The Kier molecular flexibility index (Phi) is 16.0. The number of rotatable bonds is 17. The normalized spacial score (nSPS) is 28.4. The fourth-order valence-electron chi connectivity index (χ4n) is 5.86. The van der Waals surface area contributed by atoms with E-state index in [1.165, 1.54) is 6.08 Å². The molecule has 0 bridgehead atoms. The molecule has 11 heteroatoms. The van der Waals surface area contributed by atoms with Gasteiger partial charge in [-0.15, -0.1) is 0 Å². The van der Waals surface area contributed by atoms with Crippen molar-refractivity contribution < 1.29 is 53.8 Å². The molecule has 11 nitrogen and oxygen atoms in total. The van der Waals surface area contributed by atoms with Gasteiger partial charge >= 0.3 is 23.9 Å². The van der Waals surface area contributed by atoms with Gasteiger partial charge in [0.25, 0.3) is 0 Å². The minimum absolute atomic E-state index is 0.191. The molecule has 2 rings (SSSR count). The van der Waals surface area contributed by atoms with Crippen LogP contribution >= 0.6 is 0 Å². The van der Waals surface area contributed by atoms with Crippen LogP contribution in [0.15, 0.2) is 59.8 Å². The van der Waals surface area contributed by atoms with Crippen molar-refractivity contribution >= 4 is 23.9 Å². The van der Waals surface area contributed by atoms with E-state index in [4.69, 9.17) is 24.4 Å². The smallest absolute Gasteiger partial charge is 0.328 e. The highest BCUT2D eigenvalue weighted by atomic mass is 16.7. The average molecular weight is 675 g/mol.